The summed E-state index contributed by atoms with van der Waals surface area (Å²) in [5.41, 5.74) is 14.3. The molecule has 0 saturated heterocycles. The first-order valence-corrected chi connectivity index (χ1v) is 11.9. The summed E-state index contributed by atoms with van der Waals surface area (Å²) in [6, 6.07) is 5.08. The Balaban J connectivity index is 3.08. The van der Waals surface area contributed by atoms with Gasteiger partial charge in [-0.3, -0.25) is 4.99 Å². The molecule has 0 aliphatic heterocycles. The van der Waals surface area contributed by atoms with Crippen LogP contribution in [0.1, 0.15) is 71.4 Å². The highest BCUT2D eigenvalue weighted by molar-refractivity contribution is 5.96. The van der Waals surface area contributed by atoms with E-state index in [9.17, 15) is 4.39 Å². The molecule has 0 saturated carbocycles. The molecule has 0 atom stereocenters. The fraction of sp³-hybridized carbons (Fsp3) is 0.414. The SMILES string of the molecule is C=C(C)/C(CCCc1ccc(F)cc1C(/C=C\C(C)=N/C=C(\CC)CCN)=C/C)=C(/C)NC. The molecule has 4 heteroatoms. The van der Waals surface area contributed by atoms with Crippen LogP contribution >= 0.6 is 0 Å². The van der Waals surface area contributed by atoms with Crippen LogP contribution in [-0.4, -0.2) is 19.3 Å². The number of rotatable bonds is 13. The lowest BCUT2D eigenvalue weighted by atomic mass is 9.93. The Morgan fingerprint density at radius 3 is 2.48 bits per heavy atom. The van der Waals surface area contributed by atoms with Crippen LogP contribution in [0.4, 0.5) is 4.39 Å². The number of hydrogen-bond acceptors (Lipinski definition) is 3. The molecule has 180 valence electrons. The Labute approximate surface area is 200 Å². The number of hydrogen-bond donors (Lipinski definition) is 2. The highest BCUT2D eigenvalue weighted by atomic mass is 19.1. The van der Waals surface area contributed by atoms with Crippen LogP contribution in [0, 0.1) is 5.82 Å². The second-order valence-electron chi connectivity index (χ2n) is 8.32. The van der Waals surface area contributed by atoms with Crippen LogP contribution in [0.15, 0.2) is 76.6 Å². The molecule has 0 spiro atoms. The largest absolute Gasteiger partial charge is 0.391 e. The Bertz CT molecular complexity index is 946. The molecule has 3 N–H and O–H groups in total. The lowest BCUT2D eigenvalue weighted by Crippen LogP contribution is -2.07. The fourth-order valence-electron chi connectivity index (χ4n) is 3.67. The minimum absolute atomic E-state index is 0.224. The topological polar surface area (TPSA) is 50.4 Å². The number of halogens is 1. The number of aryl methyl sites for hydroxylation is 1. The van der Waals surface area contributed by atoms with Gasteiger partial charge in [0.05, 0.1) is 0 Å². The maximum atomic E-state index is 14.2. The lowest BCUT2D eigenvalue weighted by Gasteiger charge is -2.14. The third kappa shape index (κ3) is 9.75. The summed E-state index contributed by atoms with van der Waals surface area (Å²) in [5.74, 6) is -0.224. The number of nitrogens with two attached hydrogens (primary N) is 1. The summed E-state index contributed by atoms with van der Waals surface area (Å²) in [7, 11) is 1.93. The van der Waals surface area contributed by atoms with Gasteiger partial charge in [0.1, 0.15) is 5.82 Å². The third-order valence-electron chi connectivity index (χ3n) is 5.78. The van der Waals surface area contributed by atoms with Gasteiger partial charge in [0.15, 0.2) is 0 Å². The predicted octanol–water partition coefficient (Wildman–Crippen LogP) is 7.28. The standard InChI is InChI=1S/C29H42FN3/c1-8-24(17-18-31)20-33-22(5)13-14-25(9-2)29-19-27(30)16-15-26(29)11-10-12-28(21(3)4)23(6)32-7/h9,13-16,19-20,32H,3,8,10-12,17-18,31H2,1-2,4-7H3/b14-13-,24-20+,25-9+,28-23-,33-22-. The zero-order valence-electron chi connectivity index (χ0n) is 21.4. The molecule has 0 amide bonds. The summed E-state index contributed by atoms with van der Waals surface area (Å²) in [6.07, 6.45) is 12.5. The second kappa shape index (κ2) is 15.2. The Hall–Kier alpha value is -2.72. The average Bonchev–Trinajstić information content (AvgIpc) is 2.80. The molecule has 0 aliphatic rings. The van der Waals surface area contributed by atoms with Crippen molar-refractivity contribution in [3.05, 3.63) is 88.6 Å². The normalized spacial score (nSPS) is 14.0. The summed E-state index contributed by atoms with van der Waals surface area (Å²) in [4.78, 5) is 4.56. The molecule has 1 aromatic rings. The summed E-state index contributed by atoms with van der Waals surface area (Å²) in [5, 5.41) is 3.23. The molecule has 0 bridgehead atoms. The number of nitrogens with one attached hydrogen (secondary N) is 1. The van der Waals surface area contributed by atoms with E-state index in [0.717, 1.165) is 65.8 Å². The third-order valence-corrected chi connectivity index (χ3v) is 5.78. The predicted molar refractivity (Wildman–Crippen MR) is 144 cm³/mol. The summed E-state index contributed by atoms with van der Waals surface area (Å²) >= 11 is 0. The number of allylic oxidation sites excluding steroid dienone is 7. The van der Waals surface area contributed by atoms with Crippen LogP contribution in [-0.2, 0) is 6.42 Å². The number of aliphatic imine (C=N–C) groups is 1. The van der Waals surface area contributed by atoms with E-state index in [1.54, 1.807) is 12.1 Å². The average molecular weight is 452 g/mol. The molecule has 0 unspecified atom stereocenters. The van der Waals surface area contributed by atoms with E-state index >= 15 is 0 Å². The minimum Gasteiger partial charge on any atom is -0.391 e. The zero-order valence-corrected chi connectivity index (χ0v) is 21.4. The van der Waals surface area contributed by atoms with Crippen LogP contribution in [0.3, 0.4) is 0 Å². The van der Waals surface area contributed by atoms with Gasteiger partial charge >= 0.3 is 0 Å². The molecule has 0 aromatic heterocycles. The molecule has 1 rings (SSSR count). The van der Waals surface area contributed by atoms with Crippen LogP contribution in [0.5, 0.6) is 0 Å². The molecular formula is C29H42FN3. The second-order valence-corrected chi connectivity index (χ2v) is 8.32. The number of benzene rings is 1. The van der Waals surface area contributed by atoms with Crippen molar-refractivity contribution in [3.63, 3.8) is 0 Å². The van der Waals surface area contributed by atoms with Crippen LogP contribution in [0.2, 0.25) is 0 Å². The van der Waals surface area contributed by atoms with Crippen molar-refractivity contribution in [1.82, 2.24) is 5.32 Å². The van der Waals surface area contributed by atoms with Gasteiger partial charge in [-0.1, -0.05) is 42.9 Å². The van der Waals surface area contributed by atoms with Gasteiger partial charge in [0.25, 0.3) is 0 Å². The van der Waals surface area contributed by atoms with E-state index in [1.165, 1.54) is 11.1 Å². The Morgan fingerprint density at radius 2 is 1.91 bits per heavy atom. The van der Waals surface area contributed by atoms with Gasteiger partial charge < -0.3 is 11.1 Å². The van der Waals surface area contributed by atoms with E-state index in [4.69, 9.17) is 5.73 Å². The summed E-state index contributed by atoms with van der Waals surface area (Å²) < 4.78 is 14.2. The van der Waals surface area contributed by atoms with Crippen molar-refractivity contribution in [2.24, 2.45) is 10.7 Å². The van der Waals surface area contributed by atoms with E-state index in [0.29, 0.717) is 6.54 Å². The molecule has 0 heterocycles. The van der Waals surface area contributed by atoms with Crippen molar-refractivity contribution < 1.29 is 4.39 Å². The minimum atomic E-state index is -0.224. The highest BCUT2D eigenvalue weighted by Crippen LogP contribution is 2.25. The van der Waals surface area contributed by atoms with Gasteiger partial charge in [-0.15, -0.1) is 0 Å². The van der Waals surface area contributed by atoms with Gasteiger partial charge in [-0.05, 0) is 107 Å². The first-order valence-electron chi connectivity index (χ1n) is 11.9. The van der Waals surface area contributed by atoms with Gasteiger partial charge in [0, 0.05) is 24.7 Å². The van der Waals surface area contributed by atoms with E-state index in [2.05, 4.69) is 30.7 Å². The van der Waals surface area contributed by atoms with Crippen molar-refractivity contribution in [3.8, 4) is 0 Å². The van der Waals surface area contributed by atoms with Crippen LogP contribution < -0.4 is 11.1 Å². The fourth-order valence-corrected chi connectivity index (χ4v) is 3.67. The highest BCUT2D eigenvalue weighted by Gasteiger charge is 2.09. The maximum absolute atomic E-state index is 14.2. The van der Waals surface area contributed by atoms with Crippen molar-refractivity contribution in [2.75, 3.05) is 13.6 Å². The first kappa shape index (κ1) is 28.3. The van der Waals surface area contributed by atoms with Crippen molar-refractivity contribution in [2.45, 2.75) is 66.7 Å². The van der Waals surface area contributed by atoms with Gasteiger partial charge in [-0.2, -0.15) is 0 Å². The molecule has 0 fully saturated rings. The smallest absolute Gasteiger partial charge is 0.123 e. The van der Waals surface area contributed by atoms with Gasteiger partial charge in [0.2, 0.25) is 0 Å². The van der Waals surface area contributed by atoms with Crippen LogP contribution in [0.25, 0.3) is 5.57 Å². The van der Waals surface area contributed by atoms with Gasteiger partial charge in [-0.25, -0.2) is 4.39 Å². The summed E-state index contributed by atoms with van der Waals surface area (Å²) in [6.45, 7) is 14.9. The van der Waals surface area contributed by atoms with Crippen molar-refractivity contribution >= 4 is 11.3 Å². The maximum Gasteiger partial charge on any atom is 0.123 e. The van der Waals surface area contributed by atoms with E-state index in [1.807, 2.05) is 58.3 Å². The van der Waals surface area contributed by atoms with Crippen molar-refractivity contribution in [1.29, 1.82) is 0 Å². The van der Waals surface area contributed by atoms with E-state index < -0.39 is 0 Å². The molecular weight excluding hydrogens is 409 g/mol. The monoisotopic (exact) mass is 451 g/mol. The molecule has 0 aliphatic carbocycles. The van der Waals surface area contributed by atoms with E-state index in [-0.39, 0.29) is 5.82 Å². The molecule has 3 nitrogen and oxygen atoms in total. The molecule has 33 heavy (non-hydrogen) atoms. The molecule has 0 radical (unpaired) electrons. The lowest BCUT2D eigenvalue weighted by molar-refractivity contribution is 0.626. The Morgan fingerprint density at radius 1 is 1.18 bits per heavy atom. The zero-order chi connectivity index (χ0) is 24.8. The molecule has 1 aromatic carbocycles. The first-order chi connectivity index (χ1) is 15.8. The number of nitrogens with zero attached hydrogens (tertiary/aromatic N) is 1. The quantitative estimate of drug-likeness (QED) is 0.244. The Kier molecular flexibility index (Phi) is 13.0.